The van der Waals surface area contributed by atoms with Crippen molar-refractivity contribution in [2.75, 3.05) is 57.0 Å². The fourth-order valence-electron chi connectivity index (χ4n) is 5.01. The van der Waals surface area contributed by atoms with Crippen molar-refractivity contribution in [3.05, 3.63) is 65.6 Å². The number of piperazine rings is 1. The average Bonchev–Trinajstić information content (AvgIpc) is 2.89. The molecule has 1 fully saturated rings. The zero-order valence-corrected chi connectivity index (χ0v) is 20.8. The molecular weight excluding hydrogens is 457 g/mol. The van der Waals surface area contributed by atoms with Crippen LogP contribution >= 0.6 is 0 Å². The van der Waals surface area contributed by atoms with Crippen LogP contribution in [0.5, 0.6) is 0 Å². The molecule has 3 heterocycles. The molecule has 5 rings (SSSR count). The quantitative estimate of drug-likeness (QED) is 0.515. The fourth-order valence-corrected chi connectivity index (χ4v) is 5.01. The summed E-state index contributed by atoms with van der Waals surface area (Å²) in [4.78, 5) is 20.9. The van der Waals surface area contributed by atoms with E-state index >= 15 is 0 Å². The van der Waals surface area contributed by atoms with Crippen molar-refractivity contribution in [3.8, 4) is 22.3 Å². The van der Waals surface area contributed by atoms with E-state index in [1.165, 1.54) is 0 Å². The van der Waals surface area contributed by atoms with Crippen molar-refractivity contribution < 1.29 is 13.9 Å². The summed E-state index contributed by atoms with van der Waals surface area (Å²) in [5, 5.41) is 2.85. The van der Waals surface area contributed by atoms with E-state index in [4.69, 9.17) is 10.5 Å². The molecule has 0 aliphatic carbocycles. The van der Waals surface area contributed by atoms with Crippen LogP contribution in [0.25, 0.3) is 22.3 Å². The number of rotatable bonds is 6. The third-order valence-electron chi connectivity index (χ3n) is 7.18. The number of nitrogen functional groups attached to an aromatic ring is 1. The molecule has 36 heavy (non-hydrogen) atoms. The molecule has 1 saturated heterocycles. The fraction of sp³-hybridized carbons (Fsp3) is 0.357. The third-order valence-corrected chi connectivity index (χ3v) is 7.18. The number of pyridine rings is 1. The lowest BCUT2D eigenvalue weighted by Crippen LogP contribution is -2.48. The first-order valence-corrected chi connectivity index (χ1v) is 12.4. The molecular formula is C28H32FN5O2. The lowest BCUT2D eigenvalue weighted by molar-refractivity contribution is 0.0749. The van der Waals surface area contributed by atoms with Crippen molar-refractivity contribution in [2.45, 2.75) is 19.4 Å². The second kappa shape index (κ2) is 10.2. The van der Waals surface area contributed by atoms with Gasteiger partial charge in [0, 0.05) is 68.8 Å². The van der Waals surface area contributed by atoms with Crippen LogP contribution in [0.15, 0.2) is 48.5 Å². The molecule has 188 valence electrons. The van der Waals surface area contributed by atoms with Gasteiger partial charge in [-0.1, -0.05) is 24.3 Å². The second-order valence-electron chi connectivity index (χ2n) is 9.52. The van der Waals surface area contributed by atoms with E-state index in [0.717, 1.165) is 61.5 Å². The zero-order valence-electron chi connectivity index (χ0n) is 20.8. The van der Waals surface area contributed by atoms with Crippen LogP contribution in [0, 0.1) is 5.95 Å². The summed E-state index contributed by atoms with van der Waals surface area (Å²) in [5.41, 5.74) is 11.5. The molecule has 2 aliphatic rings. The van der Waals surface area contributed by atoms with Crippen molar-refractivity contribution in [3.63, 3.8) is 0 Å². The minimum atomic E-state index is -0.595. The molecule has 0 spiro atoms. The molecule has 8 heteroatoms. The highest BCUT2D eigenvalue weighted by atomic mass is 19.1. The Balaban J connectivity index is 1.35. The summed E-state index contributed by atoms with van der Waals surface area (Å²) >= 11 is 0. The van der Waals surface area contributed by atoms with Gasteiger partial charge in [-0.05, 0) is 54.3 Å². The van der Waals surface area contributed by atoms with Gasteiger partial charge >= 0.3 is 0 Å². The summed E-state index contributed by atoms with van der Waals surface area (Å²) in [7, 11) is 1.75. The van der Waals surface area contributed by atoms with Gasteiger partial charge in [-0.3, -0.25) is 9.69 Å². The van der Waals surface area contributed by atoms with Gasteiger partial charge in [0.2, 0.25) is 5.95 Å². The second-order valence-corrected chi connectivity index (χ2v) is 9.52. The van der Waals surface area contributed by atoms with Gasteiger partial charge in [-0.25, -0.2) is 4.98 Å². The molecule has 3 N–H and O–H groups in total. The van der Waals surface area contributed by atoms with Crippen LogP contribution in [-0.2, 0) is 11.2 Å². The minimum Gasteiger partial charge on any atom is -0.383 e. The van der Waals surface area contributed by atoms with Crippen LogP contribution in [0.1, 0.15) is 22.8 Å². The number of halogens is 1. The summed E-state index contributed by atoms with van der Waals surface area (Å²) in [6.07, 6.45) is 0.974. The molecule has 0 radical (unpaired) electrons. The van der Waals surface area contributed by atoms with Gasteiger partial charge in [0.05, 0.1) is 6.10 Å². The number of fused-ring (bicyclic) bond motifs is 1. The number of hydrogen-bond acceptors (Lipinski definition) is 6. The van der Waals surface area contributed by atoms with E-state index in [1.54, 1.807) is 19.2 Å². The normalized spacial score (nSPS) is 17.0. The van der Waals surface area contributed by atoms with E-state index in [0.29, 0.717) is 23.2 Å². The van der Waals surface area contributed by atoms with Gasteiger partial charge in [0.25, 0.3) is 5.91 Å². The Labute approximate surface area is 211 Å². The van der Waals surface area contributed by atoms with E-state index < -0.39 is 5.95 Å². The van der Waals surface area contributed by atoms with Crippen LogP contribution in [0.4, 0.5) is 15.9 Å². The molecule has 2 aromatic carbocycles. The van der Waals surface area contributed by atoms with E-state index in [9.17, 15) is 9.18 Å². The first-order chi connectivity index (χ1) is 17.4. The first-order valence-electron chi connectivity index (χ1n) is 12.4. The van der Waals surface area contributed by atoms with Crippen molar-refractivity contribution >= 4 is 17.4 Å². The van der Waals surface area contributed by atoms with Crippen LogP contribution in [-0.4, -0.2) is 68.3 Å². The molecule has 1 aromatic heterocycles. The van der Waals surface area contributed by atoms with Crippen molar-refractivity contribution in [1.82, 2.24) is 15.2 Å². The Morgan fingerprint density at radius 2 is 1.75 bits per heavy atom. The SMILES string of the molecule is CO[C@@H](C)CN1CCN(c2ccc(-c3cc(-c4ccc5c(c4)CCNC5=O)c(N)nc3F)cc2)CC1. The highest BCUT2D eigenvalue weighted by Crippen LogP contribution is 2.34. The van der Waals surface area contributed by atoms with Gasteiger partial charge in [0.1, 0.15) is 5.82 Å². The Bertz CT molecular complexity index is 1260. The van der Waals surface area contributed by atoms with E-state index in [1.807, 2.05) is 36.4 Å². The summed E-state index contributed by atoms with van der Waals surface area (Å²) < 4.78 is 20.3. The number of nitrogens with two attached hydrogens (primary N) is 1. The standard InChI is InChI=1S/C28H32FN5O2/c1-18(36-2)17-33-11-13-34(14-12-33)22-6-3-19(4-7-22)24-16-25(27(30)32-26(24)29)20-5-8-23-21(15-20)9-10-31-28(23)35/h3-8,15-16,18H,9-14,17H2,1-2H3,(H2,30,32)(H,31,35)/t18-/m0/s1. The maximum Gasteiger partial charge on any atom is 0.251 e. The number of nitrogens with one attached hydrogen (secondary N) is 1. The minimum absolute atomic E-state index is 0.0697. The van der Waals surface area contributed by atoms with Gasteiger partial charge in [0.15, 0.2) is 0 Å². The number of amides is 1. The number of carbonyl (C=O) groups is 1. The molecule has 7 nitrogen and oxygen atoms in total. The van der Waals surface area contributed by atoms with Crippen LogP contribution < -0.4 is 16.0 Å². The molecule has 1 atom stereocenters. The molecule has 2 aliphatic heterocycles. The number of benzene rings is 2. The van der Waals surface area contributed by atoms with Gasteiger partial charge < -0.3 is 20.7 Å². The number of carbonyl (C=O) groups excluding carboxylic acids is 1. The Kier molecular flexibility index (Phi) is 6.89. The van der Waals surface area contributed by atoms with Crippen molar-refractivity contribution in [2.24, 2.45) is 0 Å². The maximum absolute atomic E-state index is 14.9. The predicted molar refractivity (Wildman–Crippen MR) is 141 cm³/mol. The molecule has 0 saturated carbocycles. The average molecular weight is 490 g/mol. The van der Waals surface area contributed by atoms with Crippen molar-refractivity contribution in [1.29, 1.82) is 0 Å². The first kappa shape index (κ1) is 24.2. The number of nitrogens with zero attached hydrogens (tertiary/aromatic N) is 3. The molecule has 0 unspecified atom stereocenters. The number of aromatic nitrogens is 1. The Hall–Kier alpha value is -3.49. The Morgan fingerprint density at radius 1 is 1.03 bits per heavy atom. The van der Waals surface area contributed by atoms with E-state index in [-0.39, 0.29) is 17.8 Å². The molecule has 1 amide bonds. The van der Waals surface area contributed by atoms with Gasteiger partial charge in [-0.15, -0.1) is 0 Å². The summed E-state index contributed by atoms with van der Waals surface area (Å²) in [5.74, 6) is -0.532. The summed E-state index contributed by atoms with van der Waals surface area (Å²) in [6.45, 7) is 7.47. The maximum atomic E-state index is 14.9. The molecule has 0 bridgehead atoms. The third kappa shape index (κ3) is 4.92. The number of hydrogen-bond donors (Lipinski definition) is 2. The number of ether oxygens (including phenoxy) is 1. The van der Waals surface area contributed by atoms with Gasteiger partial charge in [-0.2, -0.15) is 4.39 Å². The lowest BCUT2D eigenvalue weighted by atomic mass is 9.94. The van der Waals surface area contributed by atoms with E-state index in [2.05, 4.69) is 27.0 Å². The number of anilines is 2. The predicted octanol–water partition coefficient (Wildman–Crippen LogP) is 3.58. The lowest BCUT2D eigenvalue weighted by Gasteiger charge is -2.37. The zero-order chi connectivity index (χ0) is 25.2. The largest absolute Gasteiger partial charge is 0.383 e. The summed E-state index contributed by atoms with van der Waals surface area (Å²) in [6, 6.07) is 15.3. The monoisotopic (exact) mass is 489 g/mol. The number of methoxy groups -OCH3 is 1. The molecule has 3 aromatic rings. The smallest absolute Gasteiger partial charge is 0.251 e. The topological polar surface area (TPSA) is 83.7 Å². The van der Waals surface area contributed by atoms with Crippen LogP contribution in [0.2, 0.25) is 0 Å². The van der Waals surface area contributed by atoms with Crippen LogP contribution in [0.3, 0.4) is 0 Å². The highest BCUT2D eigenvalue weighted by Gasteiger charge is 2.21. The highest BCUT2D eigenvalue weighted by molar-refractivity contribution is 5.97. The Morgan fingerprint density at radius 3 is 2.47 bits per heavy atom.